The lowest BCUT2D eigenvalue weighted by atomic mass is 10.3. The topological polar surface area (TPSA) is 64.2 Å². The van der Waals surface area contributed by atoms with Crippen molar-refractivity contribution in [2.45, 2.75) is 6.92 Å². The predicted molar refractivity (Wildman–Crippen MR) is 79.8 cm³/mol. The van der Waals surface area contributed by atoms with Crippen molar-refractivity contribution in [1.82, 2.24) is 14.7 Å². The number of anilines is 1. The molecule has 0 fully saturated rings. The summed E-state index contributed by atoms with van der Waals surface area (Å²) in [5.74, 6) is -0.129. The molecule has 104 valence electrons. The summed E-state index contributed by atoms with van der Waals surface area (Å²) in [5.41, 5.74) is 8.55. The third-order valence-corrected chi connectivity index (χ3v) is 2.80. The van der Waals surface area contributed by atoms with E-state index in [-0.39, 0.29) is 5.91 Å². The minimum absolute atomic E-state index is 0.129. The molecule has 5 heteroatoms. The Labute approximate surface area is 118 Å². The molecule has 0 unspecified atom stereocenters. The SMILES string of the molecule is C=C(C)CN(C)C(=O)c1ccn(-c2cccc(N)c2)n1. The number of likely N-dealkylation sites (N-methyl/N-ethyl adjacent to an activating group) is 1. The van der Waals surface area contributed by atoms with Gasteiger partial charge in [0.25, 0.3) is 5.91 Å². The average Bonchev–Trinajstić information content (AvgIpc) is 2.86. The number of carbonyl (C=O) groups excluding carboxylic acids is 1. The van der Waals surface area contributed by atoms with Gasteiger partial charge in [0.15, 0.2) is 5.69 Å². The number of hydrogen-bond acceptors (Lipinski definition) is 3. The summed E-state index contributed by atoms with van der Waals surface area (Å²) >= 11 is 0. The number of amides is 1. The molecule has 5 nitrogen and oxygen atoms in total. The normalized spacial score (nSPS) is 10.3. The monoisotopic (exact) mass is 270 g/mol. The number of nitrogen functional groups attached to an aromatic ring is 1. The second-order valence-corrected chi connectivity index (χ2v) is 4.86. The molecule has 0 spiro atoms. The molecule has 0 aliphatic carbocycles. The van der Waals surface area contributed by atoms with Gasteiger partial charge in [-0.15, -0.1) is 0 Å². The Hall–Kier alpha value is -2.56. The van der Waals surface area contributed by atoms with E-state index < -0.39 is 0 Å². The van der Waals surface area contributed by atoms with Crippen molar-refractivity contribution in [3.05, 3.63) is 54.4 Å². The van der Waals surface area contributed by atoms with Crippen LogP contribution in [0.3, 0.4) is 0 Å². The number of hydrogen-bond donors (Lipinski definition) is 1. The molecule has 1 aromatic carbocycles. The molecule has 0 atom stereocenters. The smallest absolute Gasteiger partial charge is 0.274 e. The molecule has 0 saturated heterocycles. The molecule has 0 aliphatic heterocycles. The number of benzene rings is 1. The van der Waals surface area contributed by atoms with Gasteiger partial charge in [-0.25, -0.2) is 4.68 Å². The molecule has 1 heterocycles. The van der Waals surface area contributed by atoms with E-state index in [1.165, 1.54) is 0 Å². The maximum Gasteiger partial charge on any atom is 0.274 e. The van der Waals surface area contributed by atoms with E-state index in [0.29, 0.717) is 17.9 Å². The van der Waals surface area contributed by atoms with Crippen LogP contribution in [0.5, 0.6) is 0 Å². The lowest BCUT2D eigenvalue weighted by Gasteiger charge is -2.15. The molecule has 2 aromatic rings. The zero-order valence-corrected chi connectivity index (χ0v) is 11.7. The van der Waals surface area contributed by atoms with Crippen LogP contribution in [0.25, 0.3) is 5.69 Å². The highest BCUT2D eigenvalue weighted by molar-refractivity contribution is 5.92. The van der Waals surface area contributed by atoms with Crippen LogP contribution in [-0.2, 0) is 0 Å². The van der Waals surface area contributed by atoms with Crippen LogP contribution in [0.2, 0.25) is 0 Å². The molecular formula is C15H18N4O. The van der Waals surface area contributed by atoms with Crippen molar-refractivity contribution in [3.8, 4) is 5.69 Å². The van der Waals surface area contributed by atoms with Gasteiger partial charge in [0.05, 0.1) is 5.69 Å². The van der Waals surface area contributed by atoms with E-state index in [1.807, 2.05) is 19.1 Å². The Morgan fingerprint density at radius 1 is 1.45 bits per heavy atom. The Morgan fingerprint density at radius 3 is 2.85 bits per heavy atom. The first kappa shape index (κ1) is 13.9. The van der Waals surface area contributed by atoms with Crippen molar-refractivity contribution in [3.63, 3.8) is 0 Å². The third kappa shape index (κ3) is 3.06. The maximum absolute atomic E-state index is 12.2. The molecule has 1 amide bonds. The number of aromatic nitrogens is 2. The minimum Gasteiger partial charge on any atom is -0.399 e. The zero-order valence-electron chi connectivity index (χ0n) is 11.7. The molecule has 2 N–H and O–H groups in total. The van der Waals surface area contributed by atoms with Crippen LogP contribution in [-0.4, -0.2) is 34.2 Å². The molecule has 2 rings (SSSR count). The van der Waals surface area contributed by atoms with Crippen LogP contribution in [0.1, 0.15) is 17.4 Å². The van der Waals surface area contributed by atoms with Gasteiger partial charge in [0.2, 0.25) is 0 Å². The second kappa shape index (κ2) is 5.61. The second-order valence-electron chi connectivity index (χ2n) is 4.86. The highest BCUT2D eigenvalue weighted by Gasteiger charge is 2.15. The van der Waals surface area contributed by atoms with Crippen molar-refractivity contribution < 1.29 is 4.79 Å². The van der Waals surface area contributed by atoms with Gasteiger partial charge < -0.3 is 10.6 Å². The van der Waals surface area contributed by atoms with Gasteiger partial charge in [-0.05, 0) is 31.2 Å². The molecule has 20 heavy (non-hydrogen) atoms. The van der Waals surface area contributed by atoms with Crippen molar-refractivity contribution in [2.75, 3.05) is 19.3 Å². The summed E-state index contributed by atoms with van der Waals surface area (Å²) in [5, 5.41) is 4.29. The Balaban J connectivity index is 2.21. The van der Waals surface area contributed by atoms with Gasteiger partial charge in [-0.2, -0.15) is 5.10 Å². The predicted octanol–water partition coefficient (Wildman–Crippen LogP) is 2.10. The van der Waals surface area contributed by atoms with Crippen LogP contribution >= 0.6 is 0 Å². The number of nitrogens with two attached hydrogens (primary N) is 1. The summed E-state index contributed by atoms with van der Waals surface area (Å²) in [6, 6.07) is 9.04. The van der Waals surface area contributed by atoms with Crippen LogP contribution in [0, 0.1) is 0 Å². The first-order valence-electron chi connectivity index (χ1n) is 6.29. The van der Waals surface area contributed by atoms with Crippen molar-refractivity contribution >= 4 is 11.6 Å². The maximum atomic E-state index is 12.2. The third-order valence-electron chi connectivity index (χ3n) is 2.80. The quantitative estimate of drug-likeness (QED) is 0.683. The zero-order chi connectivity index (χ0) is 14.7. The summed E-state index contributed by atoms with van der Waals surface area (Å²) in [7, 11) is 1.73. The summed E-state index contributed by atoms with van der Waals surface area (Å²) < 4.78 is 1.64. The van der Waals surface area contributed by atoms with Gasteiger partial charge in [0.1, 0.15) is 0 Å². The minimum atomic E-state index is -0.129. The Kier molecular flexibility index (Phi) is 3.89. The fourth-order valence-corrected chi connectivity index (χ4v) is 1.92. The number of carbonyl (C=O) groups is 1. The van der Waals surface area contributed by atoms with Crippen molar-refractivity contribution in [2.24, 2.45) is 0 Å². The van der Waals surface area contributed by atoms with E-state index in [1.54, 1.807) is 41.0 Å². The highest BCUT2D eigenvalue weighted by Crippen LogP contribution is 2.12. The number of rotatable bonds is 4. The van der Waals surface area contributed by atoms with Crippen molar-refractivity contribution in [1.29, 1.82) is 0 Å². The largest absolute Gasteiger partial charge is 0.399 e. The molecule has 0 saturated carbocycles. The first-order valence-corrected chi connectivity index (χ1v) is 6.29. The van der Waals surface area contributed by atoms with E-state index in [0.717, 1.165) is 11.3 Å². The van der Waals surface area contributed by atoms with Gasteiger partial charge >= 0.3 is 0 Å². The molecule has 0 bridgehead atoms. The van der Waals surface area contributed by atoms with E-state index in [2.05, 4.69) is 11.7 Å². The summed E-state index contributed by atoms with van der Waals surface area (Å²) in [6.45, 7) is 6.20. The Morgan fingerprint density at radius 2 is 2.20 bits per heavy atom. The Bertz CT molecular complexity index is 645. The highest BCUT2D eigenvalue weighted by atomic mass is 16.2. The summed E-state index contributed by atoms with van der Waals surface area (Å²) in [6.07, 6.45) is 1.75. The fourth-order valence-electron chi connectivity index (χ4n) is 1.92. The van der Waals surface area contributed by atoms with E-state index in [9.17, 15) is 4.79 Å². The van der Waals surface area contributed by atoms with Crippen LogP contribution in [0.15, 0.2) is 48.7 Å². The number of nitrogens with zero attached hydrogens (tertiary/aromatic N) is 3. The lowest BCUT2D eigenvalue weighted by molar-refractivity contribution is 0.0801. The van der Waals surface area contributed by atoms with Crippen LogP contribution < -0.4 is 5.73 Å². The fraction of sp³-hybridized carbons (Fsp3) is 0.200. The van der Waals surface area contributed by atoms with Gasteiger partial charge in [0, 0.05) is 25.5 Å². The molecular weight excluding hydrogens is 252 g/mol. The van der Waals surface area contributed by atoms with Gasteiger partial charge in [-0.1, -0.05) is 18.2 Å². The standard InChI is InChI=1S/C15H18N4O/c1-11(2)10-18(3)15(20)14-7-8-19(17-14)13-6-4-5-12(16)9-13/h4-9H,1,10,16H2,2-3H3. The molecule has 0 aliphatic rings. The first-order chi connectivity index (χ1) is 9.47. The van der Waals surface area contributed by atoms with Crippen LogP contribution in [0.4, 0.5) is 5.69 Å². The molecule has 0 radical (unpaired) electrons. The average molecular weight is 270 g/mol. The van der Waals surface area contributed by atoms with E-state index in [4.69, 9.17) is 5.73 Å². The van der Waals surface area contributed by atoms with E-state index >= 15 is 0 Å². The molecule has 1 aromatic heterocycles. The summed E-state index contributed by atoms with van der Waals surface area (Å²) in [4.78, 5) is 13.8. The van der Waals surface area contributed by atoms with Gasteiger partial charge in [-0.3, -0.25) is 4.79 Å². The lowest BCUT2D eigenvalue weighted by Crippen LogP contribution is -2.28.